The standard InChI is InChI=1S/C16H16BNO4/c19-16(20)10-15(18-11-12-4-2-1-3-5-12)13-6-8-14(9-7-13)17(21)22/h1-10,18,21-22H,11H2,(H,19,20). The molecule has 0 radical (unpaired) electrons. The zero-order valence-electron chi connectivity index (χ0n) is 11.8. The summed E-state index contributed by atoms with van der Waals surface area (Å²) in [6, 6.07) is 16.0. The Morgan fingerprint density at radius 2 is 1.68 bits per heavy atom. The molecule has 0 spiro atoms. The Bertz CT molecular complexity index is 654. The van der Waals surface area contributed by atoms with Crippen molar-refractivity contribution in [3.8, 4) is 0 Å². The first kappa shape index (κ1) is 15.8. The summed E-state index contributed by atoms with van der Waals surface area (Å²) in [4.78, 5) is 11.0. The van der Waals surface area contributed by atoms with Crippen LogP contribution in [0.1, 0.15) is 11.1 Å². The summed E-state index contributed by atoms with van der Waals surface area (Å²) in [7, 11) is -1.54. The first-order valence-corrected chi connectivity index (χ1v) is 6.75. The second-order valence-corrected chi connectivity index (χ2v) is 4.73. The molecule has 2 aromatic rings. The van der Waals surface area contributed by atoms with Crippen LogP contribution >= 0.6 is 0 Å². The fraction of sp³-hybridized carbons (Fsp3) is 0.0625. The maximum atomic E-state index is 11.0. The fourth-order valence-electron chi connectivity index (χ4n) is 1.99. The van der Waals surface area contributed by atoms with Gasteiger partial charge in [0.25, 0.3) is 0 Å². The molecule has 22 heavy (non-hydrogen) atoms. The van der Waals surface area contributed by atoms with Crippen LogP contribution in [0.5, 0.6) is 0 Å². The van der Waals surface area contributed by atoms with Crippen LogP contribution in [0.15, 0.2) is 60.7 Å². The molecule has 0 aliphatic rings. The van der Waals surface area contributed by atoms with E-state index >= 15 is 0 Å². The monoisotopic (exact) mass is 297 g/mol. The first-order chi connectivity index (χ1) is 10.6. The van der Waals surface area contributed by atoms with Gasteiger partial charge in [-0.3, -0.25) is 0 Å². The predicted octanol–water partition coefficient (Wildman–Crippen LogP) is 0.582. The molecule has 0 amide bonds. The Balaban J connectivity index is 2.17. The summed E-state index contributed by atoms with van der Waals surface area (Å²) in [5, 5.41) is 30.2. The van der Waals surface area contributed by atoms with Gasteiger partial charge >= 0.3 is 13.1 Å². The van der Waals surface area contributed by atoms with E-state index in [0.717, 1.165) is 11.6 Å². The minimum Gasteiger partial charge on any atom is -0.478 e. The van der Waals surface area contributed by atoms with Gasteiger partial charge < -0.3 is 20.5 Å². The summed E-state index contributed by atoms with van der Waals surface area (Å²) in [5.41, 5.74) is 2.49. The summed E-state index contributed by atoms with van der Waals surface area (Å²) >= 11 is 0. The third-order valence-electron chi connectivity index (χ3n) is 3.11. The van der Waals surface area contributed by atoms with Gasteiger partial charge in [0.15, 0.2) is 0 Å². The maximum absolute atomic E-state index is 11.0. The van der Waals surface area contributed by atoms with E-state index in [1.165, 1.54) is 0 Å². The molecular weight excluding hydrogens is 281 g/mol. The molecule has 6 heteroatoms. The van der Waals surface area contributed by atoms with Crippen LogP contribution in [0, 0.1) is 0 Å². The van der Waals surface area contributed by atoms with Crippen LogP contribution in [0.25, 0.3) is 5.70 Å². The Morgan fingerprint density at radius 3 is 2.23 bits per heavy atom. The van der Waals surface area contributed by atoms with Gasteiger partial charge in [0, 0.05) is 18.3 Å². The van der Waals surface area contributed by atoms with Crippen molar-refractivity contribution in [1.29, 1.82) is 0 Å². The van der Waals surface area contributed by atoms with E-state index in [2.05, 4.69) is 5.32 Å². The second-order valence-electron chi connectivity index (χ2n) is 4.73. The molecule has 0 aliphatic heterocycles. The highest BCUT2D eigenvalue weighted by molar-refractivity contribution is 6.58. The Labute approximate surface area is 128 Å². The van der Waals surface area contributed by atoms with E-state index in [9.17, 15) is 4.79 Å². The lowest BCUT2D eigenvalue weighted by Crippen LogP contribution is -2.29. The minimum absolute atomic E-state index is 0.349. The molecule has 0 heterocycles. The van der Waals surface area contributed by atoms with Crippen molar-refractivity contribution < 1.29 is 19.9 Å². The van der Waals surface area contributed by atoms with Gasteiger partial charge in [0.2, 0.25) is 0 Å². The third kappa shape index (κ3) is 4.48. The molecule has 0 saturated heterocycles. The van der Waals surface area contributed by atoms with Crippen LogP contribution < -0.4 is 10.8 Å². The molecule has 0 bridgehead atoms. The molecule has 112 valence electrons. The molecule has 0 saturated carbocycles. The van der Waals surface area contributed by atoms with Gasteiger partial charge in [-0.15, -0.1) is 0 Å². The summed E-state index contributed by atoms with van der Waals surface area (Å²) in [6.45, 7) is 0.490. The number of carbonyl (C=O) groups is 1. The van der Waals surface area contributed by atoms with Gasteiger partial charge in [-0.25, -0.2) is 4.79 Å². The van der Waals surface area contributed by atoms with Gasteiger partial charge in [-0.1, -0.05) is 54.6 Å². The van der Waals surface area contributed by atoms with Crippen molar-refractivity contribution in [2.75, 3.05) is 0 Å². The average Bonchev–Trinajstić information content (AvgIpc) is 2.52. The largest absolute Gasteiger partial charge is 0.488 e. The topological polar surface area (TPSA) is 89.8 Å². The van der Waals surface area contributed by atoms with Crippen molar-refractivity contribution >= 4 is 24.2 Å². The van der Waals surface area contributed by atoms with E-state index in [1.54, 1.807) is 24.3 Å². The number of aliphatic carboxylic acids is 1. The minimum atomic E-state index is -1.54. The van der Waals surface area contributed by atoms with Gasteiger partial charge in [0.1, 0.15) is 0 Å². The molecule has 2 aromatic carbocycles. The molecule has 2 rings (SSSR count). The van der Waals surface area contributed by atoms with Crippen molar-refractivity contribution in [3.63, 3.8) is 0 Å². The van der Waals surface area contributed by atoms with Crippen LogP contribution in [0.2, 0.25) is 0 Å². The van der Waals surface area contributed by atoms with Gasteiger partial charge in [-0.2, -0.15) is 0 Å². The van der Waals surface area contributed by atoms with Crippen LogP contribution in [-0.4, -0.2) is 28.2 Å². The number of benzene rings is 2. The smallest absolute Gasteiger partial charge is 0.478 e. The fourth-order valence-corrected chi connectivity index (χ4v) is 1.99. The van der Waals surface area contributed by atoms with E-state index in [1.807, 2.05) is 30.3 Å². The Kier molecular flexibility index (Phi) is 5.35. The van der Waals surface area contributed by atoms with Crippen molar-refractivity contribution in [2.24, 2.45) is 0 Å². The summed E-state index contributed by atoms with van der Waals surface area (Å²) in [5.74, 6) is -1.05. The van der Waals surface area contributed by atoms with Crippen LogP contribution in [0.3, 0.4) is 0 Å². The quantitative estimate of drug-likeness (QED) is 0.463. The maximum Gasteiger partial charge on any atom is 0.488 e. The van der Waals surface area contributed by atoms with Crippen LogP contribution in [-0.2, 0) is 11.3 Å². The van der Waals surface area contributed by atoms with E-state index in [-0.39, 0.29) is 0 Å². The lowest BCUT2D eigenvalue weighted by atomic mass is 9.80. The highest BCUT2D eigenvalue weighted by Gasteiger charge is 2.11. The number of nitrogens with one attached hydrogen (secondary N) is 1. The second kappa shape index (κ2) is 7.45. The zero-order chi connectivity index (χ0) is 15.9. The number of carboxylic acid groups (broad SMARTS) is 1. The highest BCUT2D eigenvalue weighted by atomic mass is 16.4. The molecule has 5 nitrogen and oxygen atoms in total. The lowest BCUT2D eigenvalue weighted by molar-refractivity contribution is -0.131. The highest BCUT2D eigenvalue weighted by Crippen LogP contribution is 2.11. The van der Waals surface area contributed by atoms with Gasteiger partial charge in [-0.05, 0) is 16.6 Å². The third-order valence-corrected chi connectivity index (χ3v) is 3.11. The number of carboxylic acids is 1. The van der Waals surface area contributed by atoms with E-state index < -0.39 is 13.1 Å². The van der Waals surface area contributed by atoms with E-state index in [4.69, 9.17) is 15.2 Å². The lowest BCUT2D eigenvalue weighted by Gasteiger charge is -2.11. The Morgan fingerprint density at radius 1 is 1.05 bits per heavy atom. The van der Waals surface area contributed by atoms with Crippen molar-refractivity contribution in [3.05, 3.63) is 71.8 Å². The number of rotatable bonds is 6. The van der Waals surface area contributed by atoms with Crippen LogP contribution in [0.4, 0.5) is 0 Å². The number of hydrogen-bond acceptors (Lipinski definition) is 4. The normalized spacial score (nSPS) is 11.1. The first-order valence-electron chi connectivity index (χ1n) is 6.75. The summed E-state index contributed by atoms with van der Waals surface area (Å²) < 4.78 is 0. The Hall–Kier alpha value is -2.57. The predicted molar refractivity (Wildman–Crippen MR) is 85.2 cm³/mol. The molecule has 0 atom stereocenters. The molecule has 0 aromatic heterocycles. The average molecular weight is 297 g/mol. The number of hydrogen-bond donors (Lipinski definition) is 4. The zero-order valence-corrected chi connectivity index (χ0v) is 11.8. The molecule has 0 aliphatic carbocycles. The van der Waals surface area contributed by atoms with Crippen molar-refractivity contribution in [2.45, 2.75) is 6.54 Å². The molecular formula is C16H16BNO4. The summed E-state index contributed by atoms with van der Waals surface area (Å²) in [6.07, 6.45) is 1.09. The SMILES string of the molecule is O=C(O)C=C(NCc1ccccc1)c1ccc(B(O)O)cc1. The molecule has 0 fully saturated rings. The van der Waals surface area contributed by atoms with E-state index in [0.29, 0.717) is 23.3 Å². The van der Waals surface area contributed by atoms with Gasteiger partial charge in [0.05, 0.1) is 0 Å². The van der Waals surface area contributed by atoms with Crippen molar-refractivity contribution in [1.82, 2.24) is 5.32 Å². The molecule has 4 N–H and O–H groups in total. The molecule has 0 unspecified atom stereocenters.